The molecule has 1 aliphatic heterocycles. The summed E-state index contributed by atoms with van der Waals surface area (Å²) in [6.45, 7) is -1.11. The number of amides is 1. The summed E-state index contributed by atoms with van der Waals surface area (Å²) in [6, 6.07) is 1.33. The molecule has 196 valence electrons. The number of nitrogens with one attached hydrogen (secondary N) is 2. The molecule has 2 aromatic carbocycles. The molecule has 36 heavy (non-hydrogen) atoms. The Bertz CT molecular complexity index is 1310. The van der Waals surface area contributed by atoms with Crippen molar-refractivity contribution in [2.24, 2.45) is 0 Å². The largest absolute Gasteiger partial charge is 0.480 e. The minimum Gasteiger partial charge on any atom is -0.480 e. The second-order valence-corrected chi connectivity index (χ2v) is 9.01. The number of halogens is 8. The Morgan fingerprint density at radius 2 is 1.56 bits per heavy atom. The Morgan fingerprint density at radius 1 is 1.03 bits per heavy atom. The van der Waals surface area contributed by atoms with Crippen LogP contribution in [0.1, 0.15) is 16.7 Å². The average molecular weight is 547 g/mol. The first-order valence-electron chi connectivity index (χ1n) is 9.54. The summed E-state index contributed by atoms with van der Waals surface area (Å²) in [6.07, 6.45) is -8.62. The molecular weight excluding hydrogens is 534 g/mol. The molecule has 2 aromatic rings. The van der Waals surface area contributed by atoms with E-state index in [-0.39, 0.29) is 4.31 Å². The van der Waals surface area contributed by atoms with Crippen molar-refractivity contribution in [3.05, 3.63) is 70.0 Å². The highest BCUT2D eigenvalue weighted by atomic mass is 32.2. The van der Waals surface area contributed by atoms with Crippen LogP contribution in [-0.4, -0.2) is 41.9 Å². The summed E-state index contributed by atoms with van der Waals surface area (Å²) in [5, 5.41) is 11.3. The first-order chi connectivity index (χ1) is 16.6. The van der Waals surface area contributed by atoms with E-state index in [9.17, 15) is 58.2 Å². The van der Waals surface area contributed by atoms with Gasteiger partial charge in [-0.25, -0.2) is 26.7 Å². The number of hydrogen-bond acceptors (Lipinski definition) is 5. The number of aliphatic carboxylic acids is 1. The Hall–Kier alpha value is -3.31. The molecule has 0 unspecified atom stereocenters. The maximum Gasteiger partial charge on any atom is 0.416 e. The molecule has 0 spiro atoms. The first kappa shape index (κ1) is 27.3. The van der Waals surface area contributed by atoms with Crippen LogP contribution in [0, 0.1) is 29.1 Å². The van der Waals surface area contributed by atoms with Crippen LogP contribution in [0.15, 0.2) is 24.3 Å². The summed E-state index contributed by atoms with van der Waals surface area (Å²) < 4.78 is 135. The molecule has 0 radical (unpaired) electrons. The number of alkyl halides is 3. The fraction of sp³-hybridized carbons (Fsp3) is 0.263. The quantitative estimate of drug-likeness (QED) is 0.278. The molecule has 3 rings (SSSR count). The minimum absolute atomic E-state index is 0.119. The van der Waals surface area contributed by atoms with Crippen molar-refractivity contribution in [2.45, 2.75) is 31.3 Å². The fourth-order valence-electron chi connectivity index (χ4n) is 3.39. The molecule has 0 aromatic heterocycles. The van der Waals surface area contributed by atoms with Gasteiger partial charge < -0.3 is 5.11 Å². The van der Waals surface area contributed by atoms with Gasteiger partial charge >= 0.3 is 22.4 Å². The van der Waals surface area contributed by atoms with Crippen molar-refractivity contribution < 1.29 is 58.2 Å². The second-order valence-electron chi connectivity index (χ2n) is 7.38. The lowest BCUT2D eigenvalue weighted by Gasteiger charge is -2.25. The molecule has 1 heterocycles. The van der Waals surface area contributed by atoms with Gasteiger partial charge in [0, 0.05) is 18.5 Å². The average Bonchev–Trinajstić information content (AvgIpc) is 2.99. The number of hydrogen-bond donors (Lipinski definition) is 3. The van der Waals surface area contributed by atoms with Gasteiger partial charge in [0.15, 0.2) is 29.4 Å². The monoisotopic (exact) mass is 547 g/mol. The summed E-state index contributed by atoms with van der Waals surface area (Å²) in [5.74, 6) is -15.5. The second kappa shape index (κ2) is 9.62. The Kier molecular flexibility index (Phi) is 7.29. The number of carbonyl (C=O) groups is 2. The zero-order valence-electron chi connectivity index (χ0n) is 17.3. The van der Waals surface area contributed by atoms with Gasteiger partial charge in [0.1, 0.15) is 6.04 Å². The van der Waals surface area contributed by atoms with Crippen LogP contribution in [0.4, 0.5) is 35.1 Å². The van der Waals surface area contributed by atoms with Gasteiger partial charge in [0.25, 0.3) is 5.91 Å². The van der Waals surface area contributed by atoms with Crippen molar-refractivity contribution in [2.75, 3.05) is 0 Å². The third kappa shape index (κ3) is 5.12. The van der Waals surface area contributed by atoms with Gasteiger partial charge in [-0.15, -0.1) is 0 Å². The Labute approximate surface area is 196 Å². The molecule has 17 heteroatoms. The van der Waals surface area contributed by atoms with Crippen molar-refractivity contribution in [3.8, 4) is 0 Å². The van der Waals surface area contributed by atoms with Gasteiger partial charge in [0.2, 0.25) is 5.82 Å². The summed E-state index contributed by atoms with van der Waals surface area (Å²) in [5.41, 5.74) is -3.49. The van der Waals surface area contributed by atoms with E-state index < -0.39 is 99.2 Å². The number of rotatable bonds is 7. The van der Waals surface area contributed by atoms with Crippen LogP contribution in [-0.2, 0) is 38.9 Å². The van der Waals surface area contributed by atoms with E-state index >= 15 is 0 Å². The first-order valence-corrected chi connectivity index (χ1v) is 11.0. The zero-order chi connectivity index (χ0) is 27.2. The molecule has 3 N–H and O–H groups in total. The molecular formula is C19H13F8N3O5S. The van der Waals surface area contributed by atoms with Crippen LogP contribution in [0.3, 0.4) is 0 Å². The van der Waals surface area contributed by atoms with Gasteiger partial charge in [0.05, 0.1) is 5.56 Å². The number of carbonyl (C=O) groups excluding carboxylic acids is 1. The SMILES string of the molecule is O=C(O)[C@H](Cc1c(F)c(F)c(F)c(F)c1F)N[C@H]1C(=O)NS(=O)(=O)N1Cc1ccccc1C(F)(F)F. The highest BCUT2D eigenvalue weighted by Crippen LogP contribution is 2.33. The molecule has 1 fully saturated rings. The minimum atomic E-state index is -4.93. The van der Waals surface area contributed by atoms with Crippen molar-refractivity contribution in [3.63, 3.8) is 0 Å². The smallest absolute Gasteiger partial charge is 0.416 e. The molecule has 1 aliphatic rings. The lowest BCUT2D eigenvalue weighted by molar-refractivity contribution is -0.140. The van der Waals surface area contributed by atoms with Gasteiger partial charge in [-0.05, 0) is 11.6 Å². The van der Waals surface area contributed by atoms with Crippen LogP contribution < -0.4 is 10.0 Å². The summed E-state index contributed by atoms with van der Waals surface area (Å²) in [4.78, 5) is 23.9. The fourth-order valence-corrected chi connectivity index (χ4v) is 4.62. The number of benzene rings is 2. The van der Waals surface area contributed by atoms with Crippen molar-refractivity contribution in [1.82, 2.24) is 14.3 Å². The third-order valence-electron chi connectivity index (χ3n) is 5.09. The maximum atomic E-state index is 14.0. The van der Waals surface area contributed by atoms with Crippen LogP contribution in [0.25, 0.3) is 0 Å². The molecule has 2 atom stereocenters. The lowest BCUT2D eigenvalue weighted by Crippen LogP contribution is -2.53. The number of carboxylic acid groups (broad SMARTS) is 1. The predicted octanol–water partition coefficient (Wildman–Crippen LogP) is 2.19. The van der Waals surface area contributed by atoms with Crippen molar-refractivity contribution >= 4 is 22.1 Å². The van der Waals surface area contributed by atoms with Crippen LogP contribution >= 0.6 is 0 Å². The van der Waals surface area contributed by atoms with E-state index in [1.807, 2.05) is 5.32 Å². The highest BCUT2D eigenvalue weighted by molar-refractivity contribution is 7.88. The highest BCUT2D eigenvalue weighted by Gasteiger charge is 2.47. The van der Waals surface area contributed by atoms with Crippen LogP contribution in [0.5, 0.6) is 0 Å². The lowest BCUT2D eigenvalue weighted by atomic mass is 10.0. The van der Waals surface area contributed by atoms with Crippen LogP contribution in [0.2, 0.25) is 0 Å². The van der Waals surface area contributed by atoms with E-state index in [1.165, 1.54) is 4.72 Å². The summed E-state index contributed by atoms with van der Waals surface area (Å²) >= 11 is 0. The predicted molar refractivity (Wildman–Crippen MR) is 102 cm³/mol. The van der Waals surface area contributed by atoms with E-state index in [0.717, 1.165) is 18.2 Å². The van der Waals surface area contributed by atoms with E-state index in [4.69, 9.17) is 0 Å². The molecule has 0 aliphatic carbocycles. The molecule has 1 saturated heterocycles. The molecule has 1 amide bonds. The topological polar surface area (TPSA) is 116 Å². The summed E-state index contributed by atoms with van der Waals surface area (Å²) in [7, 11) is -4.83. The zero-order valence-corrected chi connectivity index (χ0v) is 18.2. The van der Waals surface area contributed by atoms with Gasteiger partial charge in [-0.1, -0.05) is 18.2 Å². The molecule has 0 saturated carbocycles. The molecule has 8 nitrogen and oxygen atoms in total. The number of carboxylic acids is 1. The number of nitrogens with zero attached hydrogens (tertiary/aromatic N) is 1. The van der Waals surface area contributed by atoms with Gasteiger partial charge in [-0.2, -0.15) is 25.9 Å². The Balaban J connectivity index is 1.98. The van der Waals surface area contributed by atoms with E-state index in [0.29, 0.717) is 6.07 Å². The van der Waals surface area contributed by atoms with E-state index in [1.54, 1.807) is 0 Å². The van der Waals surface area contributed by atoms with E-state index in [2.05, 4.69) is 0 Å². The molecule has 0 bridgehead atoms. The normalized spacial score (nSPS) is 18.8. The van der Waals surface area contributed by atoms with Gasteiger partial charge in [-0.3, -0.25) is 14.9 Å². The Morgan fingerprint density at radius 3 is 2.08 bits per heavy atom. The standard InChI is InChI=1S/C19H13F8N3O5S/c20-11-8(12(21)14(23)15(24)13(11)22)5-10(18(32)33)28-16-17(31)29-36(34,35)30(16)6-7-3-1-2-4-9(7)19(25,26)27/h1-4,10,16,28H,5-6H2,(H,29,31)(H,32,33)/t10-,16+/m0/s1. The maximum absolute atomic E-state index is 14.0. The third-order valence-corrected chi connectivity index (χ3v) is 6.51. The van der Waals surface area contributed by atoms with Crippen molar-refractivity contribution in [1.29, 1.82) is 0 Å².